The smallest absolute Gasteiger partial charge is 0.410 e. The van der Waals surface area contributed by atoms with Crippen LogP contribution in [0.2, 0.25) is 0 Å². The molecule has 1 aromatic carbocycles. The van der Waals surface area contributed by atoms with E-state index in [0.717, 1.165) is 10.5 Å². The van der Waals surface area contributed by atoms with Crippen molar-refractivity contribution >= 4 is 12.2 Å². The number of halogens is 2. The van der Waals surface area contributed by atoms with Crippen molar-refractivity contribution < 1.29 is 27.8 Å². The van der Waals surface area contributed by atoms with E-state index in [9.17, 15) is 18.4 Å². The Bertz CT molecular complexity index is 721. The lowest BCUT2D eigenvalue weighted by molar-refractivity contribution is -0.0530. The molecule has 0 unspecified atom stereocenters. The number of hydrogen-bond donors (Lipinski definition) is 0. The molecule has 0 aromatic heterocycles. The van der Waals surface area contributed by atoms with Gasteiger partial charge < -0.3 is 14.4 Å². The number of rotatable bonds is 2. The van der Waals surface area contributed by atoms with Crippen LogP contribution in [0.5, 0.6) is 0 Å². The van der Waals surface area contributed by atoms with E-state index in [1.165, 1.54) is 4.90 Å². The first-order chi connectivity index (χ1) is 13.1. The minimum absolute atomic E-state index is 0.0309. The zero-order valence-electron chi connectivity index (χ0n) is 16.4. The largest absolute Gasteiger partial charge is 0.445 e. The molecule has 2 saturated heterocycles. The van der Waals surface area contributed by atoms with Gasteiger partial charge in [-0.1, -0.05) is 30.3 Å². The number of alkyl halides is 2. The lowest BCUT2D eigenvalue weighted by atomic mass is 9.91. The monoisotopic (exact) mass is 396 g/mol. The number of ether oxygens (including phenoxy) is 2. The van der Waals surface area contributed by atoms with E-state index in [0.29, 0.717) is 0 Å². The van der Waals surface area contributed by atoms with E-state index < -0.39 is 42.2 Å². The molecule has 2 fully saturated rings. The molecule has 6 nitrogen and oxygen atoms in total. The van der Waals surface area contributed by atoms with E-state index in [4.69, 9.17) is 9.47 Å². The quantitative estimate of drug-likeness (QED) is 0.761. The van der Waals surface area contributed by atoms with Gasteiger partial charge in [0.15, 0.2) is 0 Å². The molecule has 2 amide bonds. The SMILES string of the molecule is CC(C)(C)OC(=O)N1CC[C@@H]2[C@H](C1)C(F)(F)CN2C(=O)OCc1ccccc1. The van der Waals surface area contributed by atoms with Gasteiger partial charge in [0.1, 0.15) is 12.2 Å². The number of fused-ring (bicyclic) bond motifs is 1. The molecule has 0 radical (unpaired) electrons. The van der Waals surface area contributed by atoms with Gasteiger partial charge in [0.2, 0.25) is 0 Å². The normalized spacial score (nSPS) is 23.9. The number of carbonyl (C=O) groups is 2. The van der Waals surface area contributed by atoms with Crippen LogP contribution in [0, 0.1) is 5.92 Å². The second-order valence-corrected chi connectivity index (χ2v) is 8.32. The highest BCUT2D eigenvalue weighted by Gasteiger charge is 2.58. The second kappa shape index (κ2) is 7.56. The van der Waals surface area contributed by atoms with Crippen LogP contribution < -0.4 is 0 Å². The van der Waals surface area contributed by atoms with Crippen molar-refractivity contribution in [3.05, 3.63) is 35.9 Å². The van der Waals surface area contributed by atoms with Crippen LogP contribution in [0.3, 0.4) is 0 Å². The van der Waals surface area contributed by atoms with Crippen molar-refractivity contribution in [1.82, 2.24) is 9.80 Å². The number of amides is 2. The Labute approximate surface area is 163 Å². The van der Waals surface area contributed by atoms with Crippen LogP contribution in [0.4, 0.5) is 18.4 Å². The highest BCUT2D eigenvalue weighted by atomic mass is 19.3. The molecular formula is C20H26F2N2O4. The first-order valence-electron chi connectivity index (χ1n) is 9.40. The first kappa shape index (κ1) is 20.4. The summed E-state index contributed by atoms with van der Waals surface area (Å²) in [6.07, 6.45) is -1.09. The zero-order chi connectivity index (χ0) is 20.5. The molecule has 8 heteroatoms. The summed E-state index contributed by atoms with van der Waals surface area (Å²) >= 11 is 0. The standard InChI is InChI=1S/C20H26F2N2O4/c1-19(2,3)28-17(25)23-10-9-16-15(11-23)20(21,22)13-24(16)18(26)27-12-14-7-5-4-6-8-14/h4-8,15-16H,9-13H2,1-3H3/t15-,16+/m0/s1. The Hall–Kier alpha value is -2.38. The molecule has 0 spiro atoms. The van der Waals surface area contributed by atoms with Crippen molar-refractivity contribution in [2.45, 2.75) is 51.4 Å². The summed E-state index contributed by atoms with van der Waals surface area (Å²) in [7, 11) is 0. The Kier molecular flexibility index (Phi) is 5.50. The van der Waals surface area contributed by atoms with E-state index in [2.05, 4.69) is 0 Å². The number of piperidine rings is 1. The summed E-state index contributed by atoms with van der Waals surface area (Å²) in [6.45, 7) is 4.63. The highest BCUT2D eigenvalue weighted by Crippen LogP contribution is 2.42. The third-order valence-electron chi connectivity index (χ3n) is 4.99. The summed E-state index contributed by atoms with van der Waals surface area (Å²) in [5, 5.41) is 0. The molecule has 2 atom stereocenters. The molecule has 2 heterocycles. The summed E-state index contributed by atoms with van der Waals surface area (Å²) in [5.74, 6) is -4.21. The lowest BCUT2D eigenvalue weighted by Gasteiger charge is -2.38. The van der Waals surface area contributed by atoms with Crippen molar-refractivity contribution in [3.8, 4) is 0 Å². The summed E-state index contributed by atoms with van der Waals surface area (Å²) < 4.78 is 39.7. The third-order valence-corrected chi connectivity index (χ3v) is 4.99. The van der Waals surface area contributed by atoms with Gasteiger partial charge in [-0.2, -0.15) is 0 Å². The predicted octanol–water partition coefficient (Wildman–Crippen LogP) is 3.90. The number of likely N-dealkylation sites (tertiary alicyclic amines) is 2. The van der Waals surface area contributed by atoms with Crippen molar-refractivity contribution in [2.75, 3.05) is 19.6 Å². The summed E-state index contributed by atoms with van der Waals surface area (Å²) in [6, 6.07) is 8.42. The minimum atomic E-state index is -3.09. The molecular weight excluding hydrogens is 370 g/mol. The number of benzene rings is 1. The van der Waals surface area contributed by atoms with Crippen LogP contribution in [0.25, 0.3) is 0 Å². The van der Waals surface area contributed by atoms with Gasteiger partial charge in [0.25, 0.3) is 5.92 Å². The average molecular weight is 396 g/mol. The molecule has 0 aliphatic carbocycles. The van der Waals surface area contributed by atoms with Gasteiger partial charge in [-0.15, -0.1) is 0 Å². The van der Waals surface area contributed by atoms with Gasteiger partial charge >= 0.3 is 12.2 Å². The average Bonchev–Trinajstić information content (AvgIpc) is 2.90. The van der Waals surface area contributed by atoms with Gasteiger partial charge in [-0.3, -0.25) is 4.90 Å². The summed E-state index contributed by atoms with van der Waals surface area (Å²) in [4.78, 5) is 27.1. The number of carbonyl (C=O) groups excluding carboxylic acids is 2. The van der Waals surface area contributed by atoms with E-state index in [-0.39, 0.29) is 26.1 Å². The Morgan fingerprint density at radius 2 is 1.86 bits per heavy atom. The lowest BCUT2D eigenvalue weighted by Crippen LogP contribution is -2.52. The van der Waals surface area contributed by atoms with Crippen LogP contribution in [0.15, 0.2) is 30.3 Å². The topological polar surface area (TPSA) is 59.1 Å². The minimum Gasteiger partial charge on any atom is -0.445 e. The molecule has 154 valence electrons. The van der Waals surface area contributed by atoms with Crippen LogP contribution in [-0.4, -0.2) is 59.2 Å². The summed E-state index contributed by atoms with van der Waals surface area (Å²) in [5.41, 5.74) is 0.0949. The molecule has 1 aromatic rings. The van der Waals surface area contributed by atoms with E-state index in [1.807, 2.05) is 18.2 Å². The van der Waals surface area contributed by atoms with Crippen LogP contribution >= 0.6 is 0 Å². The Morgan fingerprint density at radius 1 is 1.18 bits per heavy atom. The first-order valence-corrected chi connectivity index (χ1v) is 9.40. The van der Waals surface area contributed by atoms with Crippen molar-refractivity contribution in [2.24, 2.45) is 5.92 Å². The number of hydrogen-bond acceptors (Lipinski definition) is 4. The Morgan fingerprint density at radius 3 is 2.50 bits per heavy atom. The zero-order valence-corrected chi connectivity index (χ0v) is 16.4. The molecule has 0 bridgehead atoms. The van der Waals surface area contributed by atoms with Crippen molar-refractivity contribution in [1.29, 1.82) is 0 Å². The van der Waals surface area contributed by atoms with Crippen LogP contribution in [-0.2, 0) is 16.1 Å². The Balaban J connectivity index is 1.63. The fraction of sp³-hybridized carbons (Fsp3) is 0.600. The van der Waals surface area contributed by atoms with Crippen LogP contribution in [0.1, 0.15) is 32.8 Å². The van der Waals surface area contributed by atoms with Gasteiger partial charge in [-0.25, -0.2) is 18.4 Å². The molecule has 2 aliphatic rings. The van der Waals surface area contributed by atoms with E-state index in [1.54, 1.807) is 32.9 Å². The highest BCUT2D eigenvalue weighted by molar-refractivity contribution is 5.70. The number of nitrogens with zero attached hydrogens (tertiary/aromatic N) is 2. The molecule has 3 rings (SSSR count). The molecule has 0 saturated carbocycles. The van der Waals surface area contributed by atoms with Gasteiger partial charge in [0, 0.05) is 19.1 Å². The fourth-order valence-corrected chi connectivity index (χ4v) is 3.68. The predicted molar refractivity (Wildman–Crippen MR) is 98.0 cm³/mol. The molecule has 28 heavy (non-hydrogen) atoms. The van der Waals surface area contributed by atoms with Gasteiger partial charge in [0.05, 0.1) is 12.5 Å². The molecule has 2 aliphatic heterocycles. The maximum atomic E-state index is 14.6. The third kappa shape index (κ3) is 4.54. The maximum Gasteiger partial charge on any atom is 0.410 e. The van der Waals surface area contributed by atoms with Gasteiger partial charge in [-0.05, 0) is 32.8 Å². The van der Waals surface area contributed by atoms with Crippen molar-refractivity contribution in [3.63, 3.8) is 0 Å². The van der Waals surface area contributed by atoms with E-state index >= 15 is 0 Å². The maximum absolute atomic E-state index is 14.6. The molecule has 0 N–H and O–H groups in total. The fourth-order valence-electron chi connectivity index (χ4n) is 3.68. The second-order valence-electron chi connectivity index (χ2n) is 8.32.